The third-order valence-corrected chi connectivity index (χ3v) is 4.92. The van der Waals surface area contributed by atoms with Crippen LogP contribution in [0.4, 0.5) is 11.4 Å². The first-order chi connectivity index (χ1) is 13.4. The van der Waals surface area contributed by atoms with E-state index in [0.29, 0.717) is 24.5 Å². The molecule has 0 saturated heterocycles. The van der Waals surface area contributed by atoms with Crippen LogP contribution in [0.15, 0.2) is 41.8 Å². The maximum absolute atomic E-state index is 12.4. The maximum atomic E-state index is 12.4. The minimum atomic E-state index is -0.192. The molecule has 1 aromatic carbocycles. The van der Waals surface area contributed by atoms with E-state index in [4.69, 9.17) is 0 Å². The largest absolute Gasteiger partial charge is 0.340 e. The summed E-state index contributed by atoms with van der Waals surface area (Å²) in [6, 6.07) is 10.8. The lowest BCUT2D eigenvalue weighted by Crippen LogP contribution is -2.41. The third-order valence-electron chi connectivity index (χ3n) is 4.06. The average molecular weight is 403 g/mol. The Morgan fingerprint density at radius 2 is 1.64 bits per heavy atom. The van der Waals surface area contributed by atoms with Gasteiger partial charge in [-0.15, -0.1) is 11.3 Å². The summed E-state index contributed by atoms with van der Waals surface area (Å²) in [6.45, 7) is 4.83. The Hall–Kier alpha value is -2.71. The summed E-state index contributed by atoms with van der Waals surface area (Å²) >= 11 is 1.61. The number of amides is 3. The van der Waals surface area contributed by atoms with Crippen molar-refractivity contribution in [2.24, 2.45) is 0 Å². The minimum absolute atomic E-state index is 0.0253. The van der Waals surface area contributed by atoms with Crippen molar-refractivity contribution in [2.45, 2.75) is 20.4 Å². The summed E-state index contributed by atoms with van der Waals surface area (Å²) in [6.07, 6.45) is 0. The SMILES string of the molecule is CCN(CC(=O)Nc1ccc(NC(C)=O)cc1)CC(=O)N(C)Cc1cccs1. The van der Waals surface area contributed by atoms with Gasteiger partial charge in [0.15, 0.2) is 0 Å². The number of anilines is 2. The lowest BCUT2D eigenvalue weighted by Gasteiger charge is -2.23. The smallest absolute Gasteiger partial charge is 0.238 e. The van der Waals surface area contributed by atoms with Crippen molar-refractivity contribution in [1.29, 1.82) is 0 Å². The Kier molecular flexibility index (Phi) is 8.16. The van der Waals surface area contributed by atoms with Crippen LogP contribution in [0.3, 0.4) is 0 Å². The fourth-order valence-corrected chi connectivity index (χ4v) is 3.32. The second-order valence-corrected chi connectivity index (χ2v) is 7.47. The van der Waals surface area contributed by atoms with Crippen molar-refractivity contribution in [2.75, 3.05) is 37.3 Å². The van der Waals surface area contributed by atoms with Gasteiger partial charge in [-0.3, -0.25) is 19.3 Å². The van der Waals surface area contributed by atoms with Crippen LogP contribution in [0.1, 0.15) is 18.7 Å². The highest BCUT2D eigenvalue weighted by molar-refractivity contribution is 7.09. The highest BCUT2D eigenvalue weighted by Crippen LogP contribution is 2.14. The van der Waals surface area contributed by atoms with Crippen molar-refractivity contribution >= 4 is 40.4 Å². The van der Waals surface area contributed by atoms with E-state index in [0.717, 1.165) is 4.88 Å². The van der Waals surface area contributed by atoms with Gasteiger partial charge in [-0.25, -0.2) is 0 Å². The van der Waals surface area contributed by atoms with E-state index < -0.39 is 0 Å². The molecular weight excluding hydrogens is 376 g/mol. The summed E-state index contributed by atoms with van der Waals surface area (Å²) in [5.74, 6) is -0.366. The topological polar surface area (TPSA) is 81.8 Å². The summed E-state index contributed by atoms with van der Waals surface area (Å²) in [4.78, 5) is 40.4. The predicted octanol–water partition coefficient (Wildman–Crippen LogP) is 2.63. The molecule has 0 aliphatic heterocycles. The zero-order valence-electron chi connectivity index (χ0n) is 16.4. The van der Waals surface area contributed by atoms with Crippen molar-refractivity contribution in [3.05, 3.63) is 46.7 Å². The number of rotatable bonds is 9. The molecule has 0 saturated carbocycles. The molecule has 8 heteroatoms. The van der Waals surface area contributed by atoms with Crippen LogP contribution >= 0.6 is 11.3 Å². The number of hydrogen-bond acceptors (Lipinski definition) is 5. The van der Waals surface area contributed by atoms with Gasteiger partial charge in [0, 0.05) is 30.2 Å². The Labute approximate surface area is 169 Å². The fourth-order valence-electron chi connectivity index (χ4n) is 2.56. The second-order valence-electron chi connectivity index (χ2n) is 6.44. The van der Waals surface area contributed by atoms with Crippen LogP contribution in [0.2, 0.25) is 0 Å². The first kappa shape index (κ1) is 21.6. The number of nitrogens with one attached hydrogen (secondary N) is 2. The second kappa shape index (κ2) is 10.6. The first-order valence-corrected chi connectivity index (χ1v) is 9.91. The summed E-state index contributed by atoms with van der Waals surface area (Å²) < 4.78 is 0. The number of hydrogen-bond donors (Lipinski definition) is 2. The van der Waals surface area contributed by atoms with Crippen molar-refractivity contribution in [3.8, 4) is 0 Å². The van der Waals surface area contributed by atoms with Gasteiger partial charge in [-0.2, -0.15) is 0 Å². The Balaban J connectivity index is 1.83. The molecule has 0 bridgehead atoms. The molecule has 0 atom stereocenters. The van der Waals surface area contributed by atoms with Crippen LogP contribution in [0, 0.1) is 0 Å². The van der Waals surface area contributed by atoms with Crippen LogP contribution in [0.5, 0.6) is 0 Å². The van der Waals surface area contributed by atoms with Gasteiger partial charge >= 0.3 is 0 Å². The minimum Gasteiger partial charge on any atom is -0.340 e. The molecule has 0 aliphatic carbocycles. The van der Waals surface area contributed by atoms with Crippen LogP contribution in [-0.2, 0) is 20.9 Å². The average Bonchev–Trinajstić information content (AvgIpc) is 3.15. The molecule has 2 aromatic rings. The summed E-state index contributed by atoms with van der Waals surface area (Å²) in [5, 5.41) is 7.47. The van der Waals surface area contributed by atoms with E-state index in [2.05, 4.69) is 10.6 Å². The lowest BCUT2D eigenvalue weighted by atomic mass is 10.2. The number of thiophene rings is 1. The highest BCUT2D eigenvalue weighted by Gasteiger charge is 2.16. The van der Waals surface area contributed by atoms with Crippen LogP contribution in [-0.4, -0.2) is 54.2 Å². The molecule has 0 aliphatic rings. The fraction of sp³-hybridized carbons (Fsp3) is 0.350. The van der Waals surface area contributed by atoms with Crippen LogP contribution < -0.4 is 10.6 Å². The third kappa shape index (κ3) is 7.13. The summed E-state index contributed by atoms with van der Waals surface area (Å²) in [7, 11) is 1.77. The van der Waals surface area contributed by atoms with Gasteiger partial charge in [0.05, 0.1) is 19.6 Å². The Bertz CT molecular complexity index is 790. The van der Waals surface area contributed by atoms with E-state index in [9.17, 15) is 14.4 Å². The molecule has 28 heavy (non-hydrogen) atoms. The number of benzene rings is 1. The molecule has 7 nitrogen and oxygen atoms in total. The van der Waals surface area contributed by atoms with Crippen molar-refractivity contribution in [1.82, 2.24) is 9.80 Å². The quantitative estimate of drug-likeness (QED) is 0.676. The molecule has 0 spiro atoms. The molecule has 150 valence electrons. The molecule has 3 amide bonds. The Morgan fingerprint density at radius 1 is 1.00 bits per heavy atom. The van der Waals surface area contributed by atoms with Gasteiger partial charge in [0.25, 0.3) is 0 Å². The van der Waals surface area contributed by atoms with Crippen molar-refractivity contribution < 1.29 is 14.4 Å². The van der Waals surface area contributed by atoms with E-state index in [-0.39, 0.29) is 30.8 Å². The lowest BCUT2D eigenvalue weighted by molar-refractivity contribution is -0.132. The zero-order valence-corrected chi connectivity index (χ0v) is 17.2. The van der Waals surface area contributed by atoms with Crippen LogP contribution in [0.25, 0.3) is 0 Å². The number of nitrogens with zero attached hydrogens (tertiary/aromatic N) is 2. The number of carbonyl (C=O) groups is 3. The van der Waals surface area contributed by atoms with Gasteiger partial charge in [0.2, 0.25) is 17.7 Å². The molecule has 0 radical (unpaired) electrons. The highest BCUT2D eigenvalue weighted by atomic mass is 32.1. The van der Waals surface area contributed by atoms with Crippen molar-refractivity contribution in [3.63, 3.8) is 0 Å². The van der Waals surface area contributed by atoms with E-state index in [1.165, 1.54) is 6.92 Å². The standard InChI is InChI=1S/C20H26N4O3S/c1-4-24(14-20(27)23(3)12-18-6-5-11-28-18)13-19(26)22-17-9-7-16(8-10-17)21-15(2)25/h5-11H,4,12-14H2,1-3H3,(H,21,25)(H,22,26). The molecule has 0 unspecified atom stereocenters. The zero-order chi connectivity index (χ0) is 20.5. The summed E-state index contributed by atoms with van der Waals surface area (Å²) in [5.41, 5.74) is 1.30. The maximum Gasteiger partial charge on any atom is 0.238 e. The van der Waals surface area contributed by atoms with Gasteiger partial charge in [-0.05, 0) is 42.3 Å². The monoisotopic (exact) mass is 402 g/mol. The number of likely N-dealkylation sites (N-methyl/N-ethyl adjacent to an activating group) is 2. The van der Waals surface area contributed by atoms with Gasteiger partial charge < -0.3 is 15.5 Å². The van der Waals surface area contributed by atoms with E-state index in [1.54, 1.807) is 52.4 Å². The normalized spacial score (nSPS) is 10.6. The molecule has 0 fully saturated rings. The number of carbonyl (C=O) groups excluding carboxylic acids is 3. The van der Waals surface area contributed by atoms with E-state index in [1.807, 2.05) is 24.4 Å². The molecule has 1 heterocycles. The van der Waals surface area contributed by atoms with Gasteiger partial charge in [0.1, 0.15) is 0 Å². The molecule has 2 N–H and O–H groups in total. The molecular formula is C20H26N4O3S. The van der Waals surface area contributed by atoms with E-state index >= 15 is 0 Å². The Morgan fingerprint density at radius 3 is 2.18 bits per heavy atom. The first-order valence-electron chi connectivity index (χ1n) is 9.03. The molecule has 1 aromatic heterocycles. The van der Waals surface area contributed by atoms with Gasteiger partial charge in [-0.1, -0.05) is 13.0 Å². The predicted molar refractivity (Wildman–Crippen MR) is 112 cm³/mol. The molecule has 2 rings (SSSR count).